The molecule has 0 amide bonds. The maximum atomic E-state index is 6.73. The molecule has 0 bridgehead atoms. The molecule has 0 saturated carbocycles. The fraction of sp³-hybridized carbons (Fsp3) is 0. The van der Waals surface area contributed by atoms with E-state index in [0.29, 0.717) is 5.02 Å². The lowest BCUT2D eigenvalue weighted by Crippen LogP contribution is -2.11. The molecule has 0 aliphatic rings. The molecule has 0 aromatic heterocycles. The molecular weight excluding hydrogens is 496 g/mol. The number of rotatable bonds is 7. The number of anilines is 5. The van der Waals surface area contributed by atoms with Gasteiger partial charge in [0.2, 0.25) is 0 Å². The summed E-state index contributed by atoms with van der Waals surface area (Å²) in [5.41, 5.74) is 9.69. The summed E-state index contributed by atoms with van der Waals surface area (Å²) in [7, 11) is 0. The van der Waals surface area contributed by atoms with Crippen molar-refractivity contribution in [1.29, 1.82) is 0 Å². The van der Waals surface area contributed by atoms with E-state index in [9.17, 15) is 0 Å². The molecule has 6 rings (SSSR count). The van der Waals surface area contributed by atoms with Gasteiger partial charge in [-0.05, 0) is 65.2 Å². The van der Waals surface area contributed by atoms with Crippen LogP contribution in [0.4, 0.5) is 28.4 Å². The van der Waals surface area contributed by atoms with Gasteiger partial charge in [0.1, 0.15) is 0 Å². The summed E-state index contributed by atoms with van der Waals surface area (Å²) in [6.45, 7) is 0. The van der Waals surface area contributed by atoms with Gasteiger partial charge < -0.3 is 10.2 Å². The van der Waals surface area contributed by atoms with E-state index in [-0.39, 0.29) is 0 Å². The first kappa shape index (κ1) is 24.5. The zero-order valence-electron chi connectivity index (χ0n) is 21.3. The van der Waals surface area contributed by atoms with Gasteiger partial charge in [0.05, 0.1) is 5.69 Å². The summed E-state index contributed by atoms with van der Waals surface area (Å²) in [6, 6.07) is 54.4. The molecule has 0 atom stereocenters. The molecule has 0 heterocycles. The molecule has 0 aliphatic heterocycles. The van der Waals surface area contributed by atoms with Crippen LogP contribution in [-0.4, -0.2) is 0 Å². The first-order valence-electron chi connectivity index (χ1n) is 13.0. The second-order valence-electron chi connectivity index (χ2n) is 9.32. The van der Waals surface area contributed by atoms with E-state index in [1.165, 1.54) is 11.1 Å². The average Bonchev–Trinajstić information content (AvgIpc) is 2.99. The quantitative estimate of drug-likeness (QED) is 0.224. The lowest BCUT2D eigenvalue weighted by atomic mass is 10.0. The van der Waals surface area contributed by atoms with Crippen LogP contribution < -0.4 is 10.2 Å². The third-order valence-corrected chi connectivity index (χ3v) is 6.88. The summed E-state index contributed by atoms with van der Waals surface area (Å²) in [6.07, 6.45) is 0. The Kier molecular flexibility index (Phi) is 7.11. The van der Waals surface area contributed by atoms with Crippen molar-refractivity contribution in [2.75, 3.05) is 10.2 Å². The SMILES string of the molecule is Clc1cc(Nc2ccccc2)cc(N(c2ccc(-c3ccccc3)cc2)c2ccccc2-c2ccccc2)c1. The second kappa shape index (κ2) is 11.3. The Balaban J connectivity index is 1.49. The van der Waals surface area contributed by atoms with Crippen molar-refractivity contribution in [3.8, 4) is 22.3 Å². The molecule has 0 spiro atoms. The fourth-order valence-electron chi connectivity index (χ4n) is 4.85. The van der Waals surface area contributed by atoms with Gasteiger partial charge in [-0.1, -0.05) is 121 Å². The number of hydrogen-bond acceptors (Lipinski definition) is 2. The topological polar surface area (TPSA) is 15.3 Å². The van der Waals surface area contributed by atoms with Gasteiger partial charge in [-0.2, -0.15) is 0 Å². The summed E-state index contributed by atoms with van der Waals surface area (Å²) in [4.78, 5) is 2.28. The Bertz CT molecular complexity index is 1670. The van der Waals surface area contributed by atoms with E-state index < -0.39 is 0 Å². The van der Waals surface area contributed by atoms with Crippen LogP contribution in [0.2, 0.25) is 5.02 Å². The molecule has 39 heavy (non-hydrogen) atoms. The molecule has 6 aromatic carbocycles. The van der Waals surface area contributed by atoms with Crippen LogP contribution in [0, 0.1) is 0 Å². The minimum atomic E-state index is 0.661. The number of hydrogen-bond donors (Lipinski definition) is 1. The fourth-order valence-corrected chi connectivity index (χ4v) is 5.08. The van der Waals surface area contributed by atoms with Crippen LogP contribution in [-0.2, 0) is 0 Å². The average molecular weight is 523 g/mol. The van der Waals surface area contributed by atoms with Crippen LogP contribution in [0.15, 0.2) is 158 Å². The number of benzene rings is 6. The van der Waals surface area contributed by atoms with Crippen molar-refractivity contribution in [2.45, 2.75) is 0 Å². The Hall–Kier alpha value is -4.79. The highest BCUT2D eigenvalue weighted by Gasteiger charge is 2.18. The van der Waals surface area contributed by atoms with Crippen molar-refractivity contribution >= 4 is 40.0 Å². The first-order chi connectivity index (χ1) is 19.2. The van der Waals surface area contributed by atoms with Gasteiger partial charge >= 0.3 is 0 Å². The van der Waals surface area contributed by atoms with Crippen LogP contribution >= 0.6 is 11.6 Å². The summed E-state index contributed by atoms with van der Waals surface area (Å²) < 4.78 is 0. The predicted octanol–water partition coefficient (Wildman–Crippen LogP) is 10.9. The highest BCUT2D eigenvalue weighted by molar-refractivity contribution is 6.31. The molecule has 0 aliphatic carbocycles. The Labute approximate surface area is 234 Å². The minimum Gasteiger partial charge on any atom is -0.355 e. The number of para-hydroxylation sites is 2. The van der Waals surface area contributed by atoms with Crippen LogP contribution in [0.1, 0.15) is 0 Å². The van der Waals surface area contributed by atoms with Crippen molar-refractivity contribution < 1.29 is 0 Å². The Morgan fingerprint density at radius 1 is 0.436 bits per heavy atom. The van der Waals surface area contributed by atoms with E-state index in [0.717, 1.165) is 39.6 Å². The number of nitrogens with zero attached hydrogens (tertiary/aromatic N) is 1. The largest absolute Gasteiger partial charge is 0.355 e. The Morgan fingerprint density at radius 3 is 1.69 bits per heavy atom. The third kappa shape index (κ3) is 5.57. The highest BCUT2D eigenvalue weighted by Crippen LogP contribution is 2.43. The smallest absolute Gasteiger partial charge is 0.0540 e. The minimum absolute atomic E-state index is 0.661. The molecule has 0 unspecified atom stereocenters. The summed E-state index contributed by atoms with van der Waals surface area (Å²) in [5.74, 6) is 0. The van der Waals surface area contributed by atoms with E-state index in [2.05, 4.69) is 113 Å². The van der Waals surface area contributed by atoms with Crippen LogP contribution in [0.3, 0.4) is 0 Å². The zero-order valence-corrected chi connectivity index (χ0v) is 22.1. The van der Waals surface area contributed by atoms with Gasteiger partial charge in [-0.25, -0.2) is 0 Å². The highest BCUT2D eigenvalue weighted by atomic mass is 35.5. The van der Waals surface area contributed by atoms with Crippen molar-refractivity contribution in [2.24, 2.45) is 0 Å². The molecule has 1 N–H and O–H groups in total. The van der Waals surface area contributed by atoms with Gasteiger partial charge in [0.25, 0.3) is 0 Å². The lowest BCUT2D eigenvalue weighted by Gasteiger charge is -2.28. The second-order valence-corrected chi connectivity index (χ2v) is 9.76. The van der Waals surface area contributed by atoms with E-state index in [1.54, 1.807) is 0 Å². The van der Waals surface area contributed by atoms with E-state index >= 15 is 0 Å². The first-order valence-corrected chi connectivity index (χ1v) is 13.4. The van der Waals surface area contributed by atoms with Crippen LogP contribution in [0.5, 0.6) is 0 Å². The number of halogens is 1. The van der Waals surface area contributed by atoms with E-state index in [4.69, 9.17) is 11.6 Å². The molecule has 188 valence electrons. The van der Waals surface area contributed by atoms with Gasteiger partial charge in [0.15, 0.2) is 0 Å². The van der Waals surface area contributed by atoms with Crippen molar-refractivity contribution in [3.05, 3.63) is 163 Å². The molecule has 0 saturated heterocycles. The van der Waals surface area contributed by atoms with Gasteiger partial charge in [-0.3, -0.25) is 0 Å². The molecule has 2 nitrogen and oxygen atoms in total. The Morgan fingerprint density at radius 2 is 1.00 bits per heavy atom. The van der Waals surface area contributed by atoms with Gasteiger partial charge in [0, 0.05) is 33.3 Å². The van der Waals surface area contributed by atoms with Crippen LogP contribution in [0.25, 0.3) is 22.3 Å². The summed E-state index contributed by atoms with van der Waals surface area (Å²) in [5, 5.41) is 4.17. The molecule has 0 fully saturated rings. The number of nitrogens with one attached hydrogen (secondary N) is 1. The predicted molar refractivity (Wildman–Crippen MR) is 167 cm³/mol. The van der Waals surface area contributed by atoms with Crippen molar-refractivity contribution in [3.63, 3.8) is 0 Å². The maximum absolute atomic E-state index is 6.73. The molecule has 3 heteroatoms. The van der Waals surface area contributed by atoms with Crippen molar-refractivity contribution in [1.82, 2.24) is 0 Å². The molecular formula is C36H27ClN2. The van der Waals surface area contributed by atoms with E-state index in [1.807, 2.05) is 54.6 Å². The maximum Gasteiger partial charge on any atom is 0.0540 e. The zero-order chi connectivity index (χ0) is 26.4. The lowest BCUT2D eigenvalue weighted by molar-refractivity contribution is 1.28. The monoisotopic (exact) mass is 522 g/mol. The summed E-state index contributed by atoms with van der Waals surface area (Å²) >= 11 is 6.73. The standard InChI is InChI=1S/C36H27ClN2/c37-30-24-32(38-31-16-8-3-9-17-31)26-34(25-30)39(33-22-20-28(21-23-33)27-12-4-1-5-13-27)36-19-11-10-18-35(36)29-14-6-2-7-15-29/h1-26,38H. The normalized spacial score (nSPS) is 10.7. The third-order valence-electron chi connectivity index (χ3n) is 6.67. The molecule has 0 radical (unpaired) electrons. The van der Waals surface area contributed by atoms with Gasteiger partial charge in [-0.15, -0.1) is 0 Å². The molecule has 6 aromatic rings.